The third kappa shape index (κ3) is 7.89. The van der Waals surface area contributed by atoms with Crippen molar-refractivity contribution in [2.45, 2.75) is 20.3 Å². The minimum atomic E-state index is -0.794. The van der Waals surface area contributed by atoms with E-state index in [4.69, 9.17) is 17.0 Å². The Hall–Kier alpha value is -3.00. The Morgan fingerprint density at radius 1 is 1.32 bits per heavy atom. The third-order valence-electron chi connectivity index (χ3n) is 2.76. The Labute approximate surface area is 151 Å². The molecule has 1 rings (SSSR count). The Kier molecular flexibility index (Phi) is 8.59. The summed E-state index contributed by atoms with van der Waals surface area (Å²) in [5.41, 5.74) is 0.918. The number of thiocarbonyl (C=S) groups is 1. The first kappa shape index (κ1) is 20.0. The van der Waals surface area contributed by atoms with E-state index in [1.165, 1.54) is 24.3 Å². The number of nitro groups is 1. The minimum absolute atomic E-state index is 0.0690. The van der Waals surface area contributed by atoms with Gasteiger partial charge in [0.1, 0.15) is 5.75 Å². The van der Waals surface area contributed by atoms with Crippen molar-refractivity contribution in [1.29, 1.82) is 0 Å². The molecule has 0 unspecified atom stereocenters. The van der Waals surface area contributed by atoms with Crippen LogP contribution in [0.25, 0.3) is 0 Å². The van der Waals surface area contributed by atoms with Crippen LogP contribution in [0, 0.1) is 10.1 Å². The fourth-order valence-corrected chi connectivity index (χ4v) is 1.88. The van der Waals surface area contributed by atoms with Gasteiger partial charge in [-0.2, -0.15) is 0 Å². The smallest absolute Gasteiger partial charge is 0.410 e. The molecule has 2 N–H and O–H groups in total. The molecule has 0 bridgehead atoms. The average Bonchev–Trinajstić information content (AvgIpc) is 2.55. The Morgan fingerprint density at radius 2 is 2.00 bits per heavy atom. The molecule has 25 heavy (non-hydrogen) atoms. The number of rotatable bonds is 6. The summed E-state index contributed by atoms with van der Waals surface area (Å²) in [6.07, 6.45) is 9.43. The molecule has 0 aliphatic heterocycles. The molecule has 0 atom stereocenters. The number of amides is 1. The highest BCUT2D eigenvalue weighted by Gasteiger charge is 2.09. The maximum Gasteiger partial charge on any atom is 0.418 e. The molecule has 0 fully saturated rings. The fourth-order valence-electron chi connectivity index (χ4n) is 1.73. The first-order valence-corrected chi connectivity index (χ1v) is 7.90. The zero-order valence-corrected chi connectivity index (χ0v) is 14.7. The number of nitrogens with one attached hydrogen (secondary N) is 2. The predicted octanol–water partition coefficient (Wildman–Crippen LogP) is 3.98. The summed E-state index contributed by atoms with van der Waals surface area (Å²) in [5.74, 6) is 0.169. The molecule has 8 heteroatoms. The molecule has 0 aliphatic rings. The lowest BCUT2D eigenvalue weighted by atomic mass is 10.2. The largest absolute Gasteiger partial charge is 0.418 e. The number of nitrogens with zero attached hydrogens (tertiary/aromatic N) is 1. The van der Waals surface area contributed by atoms with Gasteiger partial charge in [-0.1, -0.05) is 25.2 Å². The summed E-state index contributed by atoms with van der Waals surface area (Å²) in [6, 6.07) is 5.13. The zero-order valence-electron chi connectivity index (χ0n) is 13.9. The van der Waals surface area contributed by atoms with E-state index in [0.29, 0.717) is 0 Å². The molecule has 0 saturated heterocycles. The Balaban J connectivity index is 2.49. The molecule has 1 aromatic rings. The molecule has 0 saturated carbocycles. The second kappa shape index (κ2) is 10.7. The molecule has 132 valence electrons. The van der Waals surface area contributed by atoms with Crippen molar-refractivity contribution in [3.8, 4) is 5.75 Å². The number of allylic oxidation sites excluding steroid dienone is 5. The van der Waals surface area contributed by atoms with Crippen molar-refractivity contribution in [3.05, 3.63) is 70.5 Å². The zero-order chi connectivity index (χ0) is 18.7. The van der Waals surface area contributed by atoms with Crippen LogP contribution in [-0.4, -0.2) is 16.1 Å². The van der Waals surface area contributed by atoms with Crippen molar-refractivity contribution in [3.63, 3.8) is 0 Å². The molecule has 0 aliphatic carbocycles. The summed E-state index contributed by atoms with van der Waals surface area (Å²) in [5, 5.41) is 15.7. The van der Waals surface area contributed by atoms with Crippen molar-refractivity contribution >= 4 is 29.1 Å². The van der Waals surface area contributed by atoms with E-state index in [-0.39, 0.29) is 16.5 Å². The van der Waals surface area contributed by atoms with Gasteiger partial charge >= 0.3 is 6.09 Å². The monoisotopic (exact) mass is 361 g/mol. The van der Waals surface area contributed by atoms with Gasteiger partial charge in [0.25, 0.3) is 5.69 Å². The maximum absolute atomic E-state index is 11.7. The molecule has 7 nitrogen and oxygen atoms in total. The first-order valence-electron chi connectivity index (χ1n) is 7.49. The van der Waals surface area contributed by atoms with Crippen molar-refractivity contribution in [1.82, 2.24) is 10.6 Å². The van der Waals surface area contributed by atoms with Crippen LogP contribution in [-0.2, 0) is 0 Å². The van der Waals surface area contributed by atoms with E-state index in [1.807, 2.05) is 38.2 Å². The standard InChI is InChI=1S/C17H19N3O4S/c1-3-5-13(6-4-2)11-12-18-16(25)19-17(21)24-15-9-7-14(8-10-15)20(22)23/h3,5-12H,4H2,1-2H3,(H2,18,19,21,25)/b5-3-,12-11+,13-6+. The van der Waals surface area contributed by atoms with E-state index in [2.05, 4.69) is 10.6 Å². The summed E-state index contributed by atoms with van der Waals surface area (Å²) >= 11 is 4.98. The van der Waals surface area contributed by atoms with Crippen LogP contribution in [0.15, 0.2) is 60.3 Å². The van der Waals surface area contributed by atoms with Crippen LogP contribution >= 0.6 is 12.2 Å². The summed E-state index contributed by atoms with van der Waals surface area (Å²) < 4.78 is 4.98. The van der Waals surface area contributed by atoms with E-state index >= 15 is 0 Å². The average molecular weight is 361 g/mol. The van der Waals surface area contributed by atoms with Crippen molar-refractivity contribution in [2.24, 2.45) is 0 Å². The lowest BCUT2D eigenvalue weighted by Gasteiger charge is -2.07. The van der Waals surface area contributed by atoms with E-state index < -0.39 is 11.0 Å². The number of carbonyl (C=O) groups excluding carboxylic acids is 1. The number of carbonyl (C=O) groups is 1. The van der Waals surface area contributed by atoms with Crippen molar-refractivity contribution in [2.75, 3.05) is 0 Å². The molecule has 0 spiro atoms. The van der Waals surface area contributed by atoms with Gasteiger partial charge in [-0.05, 0) is 49.3 Å². The first-order chi connectivity index (χ1) is 12.0. The second-order valence-electron chi connectivity index (χ2n) is 4.68. The summed E-state index contributed by atoms with van der Waals surface area (Å²) in [7, 11) is 0. The lowest BCUT2D eigenvalue weighted by molar-refractivity contribution is -0.384. The molecular formula is C17H19N3O4S. The second-order valence-corrected chi connectivity index (χ2v) is 5.09. The topological polar surface area (TPSA) is 93.5 Å². The number of hydrogen-bond donors (Lipinski definition) is 2. The predicted molar refractivity (Wildman–Crippen MR) is 100 cm³/mol. The van der Waals surface area contributed by atoms with Crippen LogP contribution in [0.3, 0.4) is 0 Å². The number of hydrogen-bond acceptors (Lipinski definition) is 5. The SMILES string of the molecule is C\C=C/C(/C=C/NC(=S)NC(=O)Oc1ccc([N+](=O)[O-])cc1)=C\CC. The van der Waals surface area contributed by atoms with E-state index in [9.17, 15) is 14.9 Å². The highest BCUT2D eigenvalue weighted by atomic mass is 32.1. The van der Waals surface area contributed by atoms with Crippen molar-refractivity contribution < 1.29 is 14.5 Å². The number of non-ortho nitro benzene ring substituents is 1. The number of ether oxygens (including phenoxy) is 1. The highest BCUT2D eigenvalue weighted by Crippen LogP contribution is 2.17. The van der Waals surface area contributed by atoms with Crippen LogP contribution in [0.2, 0.25) is 0 Å². The summed E-state index contributed by atoms with van der Waals surface area (Å²) in [6.45, 7) is 3.95. The van der Waals surface area contributed by atoms with Gasteiger partial charge in [0, 0.05) is 18.3 Å². The van der Waals surface area contributed by atoms with Gasteiger partial charge in [-0.25, -0.2) is 4.79 Å². The molecule has 1 amide bonds. The van der Waals surface area contributed by atoms with Gasteiger partial charge in [0.05, 0.1) is 4.92 Å². The minimum Gasteiger partial charge on any atom is -0.410 e. The molecule has 1 aromatic carbocycles. The normalized spacial score (nSPS) is 11.5. The highest BCUT2D eigenvalue weighted by molar-refractivity contribution is 7.80. The number of benzene rings is 1. The van der Waals surface area contributed by atoms with E-state index in [1.54, 1.807) is 6.20 Å². The van der Waals surface area contributed by atoms with Gasteiger partial charge in [0.2, 0.25) is 0 Å². The van der Waals surface area contributed by atoms with Gasteiger partial charge in [-0.3, -0.25) is 15.4 Å². The molecule has 0 heterocycles. The third-order valence-corrected chi connectivity index (χ3v) is 2.98. The van der Waals surface area contributed by atoms with Crippen LogP contribution < -0.4 is 15.4 Å². The van der Waals surface area contributed by atoms with Gasteiger partial charge in [0.15, 0.2) is 5.11 Å². The molecular weight excluding hydrogens is 342 g/mol. The van der Waals surface area contributed by atoms with Gasteiger partial charge in [-0.15, -0.1) is 0 Å². The van der Waals surface area contributed by atoms with Crippen LogP contribution in [0.4, 0.5) is 10.5 Å². The molecule has 0 aromatic heterocycles. The van der Waals surface area contributed by atoms with E-state index in [0.717, 1.165) is 12.0 Å². The lowest BCUT2D eigenvalue weighted by Crippen LogP contribution is -2.38. The fraction of sp³-hybridized carbons (Fsp3) is 0.176. The summed E-state index contributed by atoms with van der Waals surface area (Å²) in [4.78, 5) is 21.7. The maximum atomic E-state index is 11.7. The van der Waals surface area contributed by atoms with Crippen LogP contribution in [0.5, 0.6) is 5.75 Å². The van der Waals surface area contributed by atoms with Crippen LogP contribution in [0.1, 0.15) is 20.3 Å². The number of nitro benzene ring substituents is 1. The Bertz CT molecular complexity index is 709. The Morgan fingerprint density at radius 3 is 2.56 bits per heavy atom. The molecule has 0 radical (unpaired) electrons. The van der Waals surface area contributed by atoms with Gasteiger partial charge < -0.3 is 10.1 Å². The quantitative estimate of drug-likeness (QED) is 0.344.